The molecule has 6 aromatic carbocycles. The molecule has 6 rings (SSSR count). The van der Waals surface area contributed by atoms with Crippen LogP contribution < -0.4 is 9.80 Å². The molecule has 182 valence electrons. The van der Waals surface area contributed by atoms with E-state index in [1.807, 2.05) is 42.5 Å². The van der Waals surface area contributed by atoms with Gasteiger partial charge in [-0.15, -0.1) is 0 Å². The van der Waals surface area contributed by atoms with E-state index in [0.29, 0.717) is 12.1 Å². The Labute approximate surface area is 227 Å². The van der Waals surface area contributed by atoms with E-state index in [2.05, 4.69) is 107 Å². The van der Waals surface area contributed by atoms with E-state index in [1.165, 1.54) is 0 Å². The van der Waals surface area contributed by atoms with Gasteiger partial charge in [0.2, 0.25) is 0 Å². The molecule has 38 heavy (non-hydrogen) atoms. The SMILES string of the molecule is [3H]c1ccc(N(c2ccc(-c3ccc(N(c4ccccc4)c4ccccc4)cc3)cc2)c2cccc([3H])c2)cc1. The van der Waals surface area contributed by atoms with Crippen LogP contribution in [0.2, 0.25) is 0 Å². The summed E-state index contributed by atoms with van der Waals surface area (Å²) in [4.78, 5) is 4.37. The van der Waals surface area contributed by atoms with Crippen LogP contribution in [-0.2, 0) is 0 Å². The highest BCUT2D eigenvalue weighted by Gasteiger charge is 2.13. The summed E-state index contributed by atoms with van der Waals surface area (Å²) in [7, 11) is 0. The van der Waals surface area contributed by atoms with Crippen molar-refractivity contribution in [2.24, 2.45) is 0 Å². The highest BCUT2D eigenvalue weighted by molar-refractivity contribution is 5.80. The molecule has 0 spiro atoms. The summed E-state index contributed by atoms with van der Waals surface area (Å²) >= 11 is 0. The van der Waals surface area contributed by atoms with Crippen molar-refractivity contribution in [3.05, 3.63) is 170 Å². The standard InChI is InChI=1S/C36H28N2/c1-5-13-31(14-6-1)37(32-15-7-2-8-16-32)35-25-21-29(22-26-35)30-23-27-36(28-24-30)38(33-17-9-3-10-18-33)34-19-11-4-12-20-34/h1-28H/i1T,7T. The number of anilines is 6. The average Bonchev–Trinajstić information content (AvgIpc) is 3.00. The van der Waals surface area contributed by atoms with Crippen LogP contribution in [0.1, 0.15) is 2.74 Å². The number of para-hydroxylation sites is 4. The van der Waals surface area contributed by atoms with Crippen LogP contribution in [0, 0.1) is 0 Å². The number of benzene rings is 6. The average molecular weight is 493 g/mol. The lowest BCUT2D eigenvalue weighted by Crippen LogP contribution is -2.09. The van der Waals surface area contributed by atoms with Gasteiger partial charge >= 0.3 is 0 Å². The highest BCUT2D eigenvalue weighted by atomic mass is 15.1. The van der Waals surface area contributed by atoms with Crippen LogP contribution >= 0.6 is 0 Å². The maximum absolute atomic E-state index is 8.13. The molecule has 0 amide bonds. The molecule has 0 heterocycles. The van der Waals surface area contributed by atoms with Gasteiger partial charge in [0.15, 0.2) is 0 Å². The van der Waals surface area contributed by atoms with Gasteiger partial charge in [0.25, 0.3) is 0 Å². The Morgan fingerprint density at radius 2 is 0.632 bits per heavy atom. The van der Waals surface area contributed by atoms with Crippen LogP contribution in [0.25, 0.3) is 11.1 Å². The van der Waals surface area contributed by atoms with E-state index < -0.39 is 0 Å². The lowest BCUT2D eigenvalue weighted by molar-refractivity contribution is 1.28. The monoisotopic (exact) mass is 492 g/mol. The summed E-state index contributed by atoms with van der Waals surface area (Å²) in [6, 6.07) is 53.9. The third-order valence-corrected chi connectivity index (χ3v) is 6.52. The quantitative estimate of drug-likeness (QED) is 0.219. The Balaban J connectivity index is 1.32. The van der Waals surface area contributed by atoms with E-state index in [0.717, 1.165) is 45.3 Å². The first-order chi connectivity index (χ1) is 19.7. The molecule has 0 saturated heterocycles. The smallest absolute Gasteiger partial charge is 0.0623 e. The summed E-state index contributed by atoms with van der Waals surface area (Å²) in [6.45, 7) is 0. The highest BCUT2D eigenvalue weighted by Crippen LogP contribution is 2.37. The fourth-order valence-electron chi connectivity index (χ4n) is 4.70. The van der Waals surface area contributed by atoms with Gasteiger partial charge in [0.1, 0.15) is 0 Å². The molecular formula is C36H28N2. The molecule has 0 aliphatic rings. The summed E-state index contributed by atoms with van der Waals surface area (Å²) in [6.07, 6.45) is 0. The summed E-state index contributed by atoms with van der Waals surface area (Å²) < 4.78 is 16.0. The topological polar surface area (TPSA) is 6.48 Å². The fourth-order valence-corrected chi connectivity index (χ4v) is 4.70. The van der Waals surface area contributed by atoms with Crippen molar-refractivity contribution in [2.75, 3.05) is 9.80 Å². The predicted molar refractivity (Wildman–Crippen MR) is 161 cm³/mol. The second-order valence-electron chi connectivity index (χ2n) is 8.96. The molecule has 0 atom stereocenters. The number of hydrogen-bond acceptors (Lipinski definition) is 2. The molecule has 2 nitrogen and oxygen atoms in total. The maximum atomic E-state index is 8.13. The van der Waals surface area contributed by atoms with Gasteiger partial charge in [-0.3, -0.25) is 0 Å². The first-order valence-corrected chi connectivity index (χ1v) is 12.7. The zero-order valence-electron chi connectivity index (χ0n) is 22.9. The van der Waals surface area contributed by atoms with E-state index in [-0.39, 0.29) is 0 Å². The molecule has 0 aliphatic heterocycles. The molecule has 0 unspecified atom stereocenters. The largest absolute Gasteiger partial charge is 0.311 e. The Morgan fingerprint density at radius 1 is 0.289 bits per heavy atom. The van der Waals surface area contributed by atoms with Crippen molar-refractivity contribution in [3.8, 4) is 11.1 Å². The molecule has 6 aromatic rings. The lowest BCUT2D eigenvalue weighted by Gasteiger charge is -2.26. The Bertz CT molecular complexity index is 1640. The molecular weight excluding hydrogens is 460 g/mol. The molecule has 0 fully saturated rings. The van der Waals surface area contributed by atoms with Crippen molar-refractivity contribution in [1.82, 2.24) is 0 Å². The van der Waals surface area contributed by atoms with Crippen molar-refractivity contribution in [3.63, 3.8) is 0 Å². The zero-order valence-corrected chi connectivity index (χ0v) is 20.9. The van der Waals surface area contributed by atoms with Gasteiger partial charge < -0.3 is 9.80 Å². The second kappa shape index (κ2) is 10.9. The number of hydrogen-bond donors (Lipinski definition) is 0. The van der Waals surface area contributed by atoms with E-state index in [1.54, 1.807) is 18.2 Å². The number of nitrogens with zero attached hydrogens (tertiary/aromatic N) is 2. The Hall–Kier alpha value is -5.08. The van der Waals surface area contributed by atoms with Gasteiger partial charge in [-0.2, -0.15) is 0 Å². The van der Waals surface area contributed by atoms with Gasteiger partial charge in [-0.1, -0.05) is 97.0 Å². The van der Waals surface area contributed by atoms with Gasteiger partial charge in [0, 0.05) is 34.1 Å². The van der Waals surface area contributed by atoms with E-state index in [4.69, 9.17) is 2.74 Å². The Morgan fingerprint density at radius 3 is 1.05 bits per heavy atom. The van der Waals surface area contributed by atoms with Gasteiger partial charge in [0.05, 0.1) is 2.74 Å². The van der Waals surface area contributed by atoms with Crippen molar-refractivity contribution in [1.29, 1.82) is 0 Å². The second-order valence-corrected chi connectivity index (χ2v) is 8.96. The van der Waals surface area contributed by atoms with Crippen LogP contribution in [0.5, 0.6) is 0 Å². The van der Waals surface area contributed by atoms with Crippen molar-refractivity contribution >= 4 is 34.1 Å². The first-order valence-electron chi connectivity index (χ1n) is 13.7. The molecule has 0 aliphatic carbocycles. The summed E-state index contributed by atoms with van der Waals surface area (Å²) in [5, 5.41) is 0. The molecule has 0 bridgehead atoms. The maximum Gasteiger partial charge on any atom is 0.0623 e. The zero-order chi connectivity index (χ0) is 27.3. The fraction of sp³-hybridized carbons (Fsp3) is 0. The first kappa shape index (κ1) is 21.0. The third kappa shape index (κ3) is 4.93. The van der Waals surface area contributed by atoms with E-state index >= 15 is 0 Å². The van der Waals surface area contributed by atoms with Crippen LogP contribution in [0.4, 0.5) is 34.1 Å². The third-order valence-electron chi connectivity index (χ3n) is 6.52. The van der Waals surface area contributed by atoms with Crippen molar-refractivity contribution in [2.45, 2.75) is 0 Å². The van der Waals surface area contributed by atoms with E-state index in [9.17, 15) is 0 Å². The van der Waals surface area contributed by atoms with Gasteiger partial charge in [-0.25, -0.2) is 0 Å². The molecule has 0 aromatic heterocycles. The van der Waals surface area contributed by atoms with Crippen LogP contribution in [0.3, 0.4) is 0 Å². The van der Waals surface area contributed by atoms with Crippen LogP contribution in [-0.4, -0.2) is 0 Å². The summed E-state index contributed by atoms with van der Waals surface area (Å²) in [5.41, 5.74) is 8.42. The van der Waals surface area contributed by atoms with Crippen LogP contribution in [0.15, 0.2) is 170 Å². The minimum absolute atomic E-state index is 0.455. The molecule has 0 radical (unpaired) electrons. The van der Waals surface area contributed by atoms with Gasteiger partial charge in [-0.05, 0) is 83.9 Å². The number of rotatable bonds is 7. The lowest BCUT2D eigenvalue weighted by atomic mass is 10.0. The minimum atomic E-state index is 0.455. The minimum Gasteiger partial charge on any atom is -0.311 e. The molecule has 2 heteroatoms. The Kier molecular flexibility index (Phi) is 6.04. The predicted octanol–water partition coefficient (Wildman–Crippen LogP) is 10.3. The van der Waals surface area contributed by atoms with Crippen molar-refractivity contribution < 1.29 is 2.74 Å². The summed E-state index contributed by atoms with van der Waals surface area (Å²) in [5.74, 6) is 0. The normalized spacial score (nSPS) is 11.4. The molecule has 0 N–H and O–H groups in total. The molecule has 0 saturated carbocycles.